The topological polar surface area (TPSA) is 93.4 Å². The standard InChI is InChI=1S/C14H20ClN3O3/c1-10(21-12-6-4-5-11(15)9-12)13(19)17-7-2-3-8-18-14(16)20/h4-6,9-10H,2-3,7-8H2,1H3,(H,17,19)(H3,16,18,20). The van der Waals surface area contributed by atoms with Gasteiger partial charge >= 0.3 is 6.03 Å². The van der Waals surface area contributed by atoms with Gasteiger partial charge in [0.15, 0.2) is 6.10 Å². The van der Waals surface area contributed by atoms with Gasteiger partial charge in [-0.05, 0) is 38.0 Å². The first-order chi connectivity index (χ1) is 9.99. The first-order valence-electron chi connectivity index (χ1n) is 6.72. The first-order valence-corrected chi connectivity index (χ1v) is 7.10. The maximum atomic E-state index is 11.8. The summed E-state index contributed by atoms with van der Waals surface area (Å²) in [6.45, 7) is 2.69. The van der Waals surface area contributed by atoms with Crippen LogP contribution in [0, 0.1) is 0 Å². The third-order valence-electron chi connectivity index (χ3n) is 2.68. The molecule has 1 aromatic carbocycles. The van der Waals surface area contributed by atoms with Gasteiger partial charge in [0.05, 0.1) is 0 Å². The van der Waals surface area contributed by atoms with E-state index in [1.165, 1.54) is 0 Å². The van der Waals surface area contributed by atoms with Gasteiger partial charge in [0.25, 0.3) is 5.91 Å². The highest BCUT2D eigenvalue weighted by atomic mass is 35.5. The van der Waals surface area contributed by atoms with Crippen LogP contribution in [-0.4, -0.2) is 31.1 Å². The molecule has 0 spiro atoms. The highest BCUT2D eigenvalue weighted by Crippen LogP contribution is 2.18. The van der Waals surface area contributed by atoms with Crippen molar-refractivity contribution in [1.29, 1.82) is 0 Å². The second kappa shape index (κ2) is 9.07. The molecule has 1 aromatic rings. The Morgan fingerprint density at radius 3 is 2.57 bits per heavy atom. The summed E-state index contributed by atoms with van der Waals surface area (Å²) in [6.07, 6.45) is 0.884. The van der Waals surface area contributed by atoms with Crippen molar-refractivity contribution in [2.45, 2.75) is 25.9 Å². The number of hydrogen-bond acceptors (Lipinski definition) is 3. The van der Waals surface area contributed by atoms with Gasteiger partial charge < -0.3 is 21.1 Å². The average Bonchev–Trinajstić information content (AvgIpc) is 2.42. The van der Waals surface area contributed by atoms with E-state index in [1.54, 1.807) is 31.2 Å². The zero-order valence-electron chi connectivity index (χ0n) is 11.9. The SMILES string of the molecule is CC(Oc1cccc(Cl)c1)C(=O)NCCCCNC(N)=O. The smallest absolute Gasteiger partial charge is 0.312 e. The molecule has 0 aliphatic heterocycles. The van der Waals surface area contributed by atoms with Crippen LogP contribution in [0.2, 0.25) is 5.02 Å². The zero-order valence-corrected chi connectivity index (χ0v) is 12.7. The summed E-state index contributed by atoms with van der Waals surface area (Å²) in [5.41, 5.74) is 4.93. The molecule has 116 valence electrons. The number of nitrogens with one attached hydrogen (secondary N) is 2. The minimum absolute atomic E-state index is 0.196. The molecule has 7 heteroatoms. The van der Waals surface area contributed by atoms with E-state index in [0.717, 1.165) is 12.8 Å². The molecule has 0 aliphatic rings. The lowest BCUT2D eigenvalue weighted by atomic mass is 10.3. The van der Waals surface area contributed by atoms with Crippen LogP contribution in [0.15, 0.2) is 24.3 Å². The van der Waals surface area contributed by atoms with Crippen LogP contribution in [0.3, 0.4) is 0 Å². The highest BCUT2D eigenvalue weighted by Gasteiger charge is 2.13. The van der Waals surface area contributed by atoms with Crippen molar-refractivity contribution >= 4 is 23.5 Å². The van der Waals surface area contributed by atoms with E-state index in [4.69, 9.17) is 22.1 Å². The number of rotatable bonds is 8. The minimum atomic E-state index is -0.604. The molecular formula is C14H20ClN3O3. The number of hydrogen-bond donors (Lipinski definition) is 3. The number of urea groups is 1. The van der Waals surface area contributed by atoms with E-state index < -0.39 is 12.1 Å². The number of carbonyl (C=O) groups excluding carboxylic acids is 2. The quantitative estimate of drug-likeness (QED) is 0.637. The van der Waals surface area contributed by atoms with Crippen molar-refractivity contribution in [1.82, 2.24) is 10.6 Å². The van der Waals surface area contributed by atoms with E-state index in [0.29, 0.717) is 23.9 Å². The van der Waals surface area contributed by atoms with Crippen molar-refractivity contribution in [2.24, 2.45) is 5.73 Å². The van der Waals surface area contributed by atoms with Crippen LogP contribution in [0.1, 0.15) is 19.8 Å². The molecule has 6 nitrogen and oxygen atoms in total. The van der Waals surface area contributed by atoms with E-state index in [2.05, 4.69) is 10.6 Å². The summed E-state index contributed by atoms with van der Waals surface area (Å²) in [4.78, 5) is 22.3. The Balaban J connectivity index is 2.21. The molecule has 0 radical (unpaired) electrons. The fourth-order valence-electron chi connectivity index (χ4n) is 1.61. The Hall–Kier alpha value is -1.95. The third kappa shape index (κ3) is 7.41. The molecule has 0 aliphatic carbocycles. The lowest BCUT2D eigenvalue weighted by Crippen LogP contribution is -2.37. The van der Waals surface area contributed by atoms with Gasteiger partial charge in [0.2, 0.25) is 0 Å². The molecule has 1 atom stereocenters. The summed E-state index contributed by atoms with van der Waals surface area (Å²) < 4.78 is 5.50. The molecule has 0 fully saturated rings. The van der Waals surface area contributed by atoms with E-state index in [9.17, 15) is 9.59 Å². The van der Waals surface area contributed by atoms with Gasteiger partial charge in [-0.15, -0.1) is 0 Å². The number of halogens is 1. The fourth-order valence-corrected chi connectivity index (χ4v) is 1.80. The Labute approximate surface area is 129 Å². The van der Waals surface area contributed by atoms with Gasteiger partial charge in [-0.2, -0.15) is 0 Å². The predicted molar refractivity (Wildman–Crippen MR) is 81.4 cm³/mol. The number of carbonyl (C=O) groups is 2. The number of amides is 3. The van der Waals surface area contributed by atoms with Crippen molar-refractivity contribution in [3.8, 4) is 5.75 Å². The molecule has 0 aromatic heterocycles. The Bertz CT molecular complexity index is 482. The third-order valence-corrected chi connectivity index (χ3v) is 2.92. The van der Waals surface area contributed by atoms with E-state index in [1.807, 2.05) is 0 Å². The Morgan fingerprint density at radius 2 is 1.95 bits per heavy atom. The van der Waals surface area contributed by atoms with Gasteiger partial charge in [-0.25, -0.2) is 4.79 Å². The van der Waals surface area contributed by atoms with Crippen LogP contribution >= 0.6 is 11.6 Å². The van der Waals surface area contributed by atoms with Crippen LogP contribution < -0.4 is 21.1 Å². The van der Waals surface area contributed by atoms with Gasteiger partial charge in [0, 0.05) is 18.1 Å². The van der Waals surface area contributed by atoms with Crippen LogP contribution in [-0.2, 0) is 4.79 Å². The van der Waals surface area contributed by atoms with Crippen LogP contribution in [0.5, 0.6) is 5.75 Å². The van der Waals surface area contributed by atoms with Gasteiger partial charge in [0.1, 0.15) is 5.75 Å². The average molecular weight is 314 g/mol. The minimum Gasteiger partial charge on any atom is -0.481 e. The monoisotopic (exact) mass is 313 g/mol. The summed E-state index contributed by atoms with van der Waals surface area (Å²) >= 11 is 5.84. The number of benzene rings is 1. The Kier molecular flexibility index (Phi) is 7.39. The number of ether oxygens (including phenoxy) is 1. The Morgan fingerprint density at radius 1 is 1.29 bits per heavy atom. The number of unbranched alkanes of at least 4 members (excludes halogenated alkanes) is 1. The zero-order chi connectivity index (χ0) is 15.7. The largest absolute Gasteiger partial charge is 0.481 e. The van der Waals surface area contributed by atoms with Gasteiger partial charge in [-0.1, -0.05) is 17.7 Å². The van der Waals surface area contributed by atoms with Crippen LogP contribution in [0.25, 0.3) is 0 Å². The van der Waals surface area contributed by atoms with Crippen LogP contribution in [0.4, 0.5) is 4.79 Å². The van der Waals surface area contributed by atoms with Crippen molar-refractivity contribution in [2.75, 3.05) is 13.1 Å². The van der Waals surface area contributed by atoms with Gasteiger partial charge in [-0.3, -0.25) is 4.79 Å². The highest BCUT2D eigenvalue weighted by molar-refractivity contribution is 6.30. The number of nitrogens with two attached hydrogens (primary N) is 1. The van der Waals surface area contributed by atoms with Crippen molar-refractivity contribution < 1.29 is 14.3 Å². The normalized spacial score (nSPS) is 11.5. The summed E-state index contributed by atoms with van der Waals surface area (Å²) in [5, 5.41) is 5.81. The van der Waals surface area contributed by atoms with Crippen molar-refractivity contribution in [3.05, 3.63) is 29.3 Å². The van der Waals surface area contributed by atoms with E-state index >= 15 is 0 Å². The molecule has 3 amide bonds. The first kappa shape index (κ1) is 17.1. The molecule has 0 heterocycles. The molecular weight excluding hydrogens is 294 g/mol. The van der Waals surface area contributed by atoms with E-state index in [-0.39, 0.29) is 5.91 Å². The van der Waals surface area contributed by atoms with Crippen molar-refractivity contribution in [3.63, 3.8) is 0 Å². The lowest BCUT2D eigenvalue weighted by molar-refractivity contribution is -0.127. The summed E-state index contributed by atoms with van der Waals surface area (Å²) in [7, 11) is 0. The molecule has 1 unspecified atom stereocenters. The molecule has 0 saturated heterocycles. The molecule has 0 saturated carbocycles. The summed E-state index contributed by atoms with van der Waals surface area (Å²) in [5.74, 6) is 0.355. The predicted octanol–water partition coefficient (Wildman–Crippen LogP) is 1.67. The molecule has 0 bridgehead atoms. The molecule has 1 rings (SSSR count). The summed E-state index contributed by atoms with van der Waals surface area (Å²) in [6, 6.07) is 6.35. The fraction of sp³-hybridized carbons (Fsp3) is 0.429. The maximum Gasteiger partial charge on any atom is 0.312 e. The number of primary amides is 1. The lowest BCUT2D eigenvalue weighted by Gasteiger charge is -2.14. The molecule has 21 heavy (non-hydrogen) atoms. The second-order valence-electron chi connectivity index (χ2n) is 4.51. The maximum absolute atomic E-state index is 11.8. The second-order valence-corrected chi connectivity index (χ2v) is 4.94. The molecule has 4 N–H and O–H groups in total.